The summed E-state index contributed by atoms with van der Waals surface area (Å²) >= 11 is 0. The Morgan fingerprint density at radius 3 is 2.88 bits per heavy atom. The summed E-state index contributed by atoms with van der Waals surface area (Å²) in [7, 11) is 0. The molecule has 2 N–H and O–H groups in total. The zero-order valence-electron chi connectivity index (χ0n) is 9.82. The second-order valence-corrected chi connectivity index (χ2v) is 4.82. The number of hydrogen-bond donors (Lipinski definition) is 2. The molecule has 1 heterocycles. The molecule has 1 saturated carbocycles. The van der Waals surface area contributed by atoms with Gasteiger partial charge in [-0.05, 0) is 31.4 Å². The third-order valence-electron chi connectivity index (χ3n) is 3.46. The van der Waals surface area contributed by atoms with Crippen molar-refractivity contribution in [3.8, 4) is 0 Å². The third-order valence-corrected chi connectivity index (χ3v) is 3.46. The van der Waals surface area contributed by atoms with Crippen molar-refractivity contribution in [2.24, 2.45) is 0 Å². The highest BCUT2D eigenvalue weighted by Crippen LogP contribution is 2.29. The summed E-state index contributed by atoms with van der Waals surface area (Å²) in [5, 5.41) is 13.6. The maximum absolute atomic E-state index is 10.2. The fourth-order valence-corrected chi connectivity index (χ4v) is 2.30. The van der Waals surface area contributed by atoms with E-state index in [2.05, 4.69) is 23.3 Å². The molecule has 0 radical (unpaired) electrons. The minimum absolute atomic E-state index is 0.248. The fraction of sp³-hybridized carbons (Fsp3) is 0.615. The van der Waals surface area contributed by atoms with Gasteiger partial charge in [-0.1, -0.05) is 18.9 Å². The van der Waals surface area contributed by atoms with Crippen molar-refractivity contribution < 1.29 is 5.11 Å². The van der Waals surface area contributed by atoms with E-state index in [-0.39, 0.29) is 6.04 Å². The molecule has 0 bridgehead atoms. The van der Waals surface area contributed by atoms with Gasteiger partial charge in [-0.25, -0.2) is 0 Å². The molecule has 0 aromatic carbocycles. The Morgan fingerprint density at radius 1 is 1.50 bits per heavy atom. The van der Waals surface area contributed by atoms with E-state index >= 15 is 0 Å². The zero-order valence-corrected chi connectivity index (χ0v) is 9.82. The summed E-state index contributed by atoms with van der Waals surface area (Å²) in [6, 6.07) is 4.25. The maximum atomic E-state index is 10.2. The van der Waals surface area contributed by atoms with Crippen LogP contribution >= 0.6 is 0 Å². The molecule has 3 heteroatoms. The van der Waals surface area contributed by atoms with Crippen LogP contribution in [0.2, 0.25) is 0 Å². The van der Waals surface area contributed by atoms with Crippen LogP contribution < -0.4 is 5.32 Å². The second-order valence-electron chi connectivity index (χ2n) is 4.82. The Labute approximate surface area is 96.9 Å². The summed E-state index contributed by atoms with van der Waals surface area (Å²) < 4.78 is 0. The standard InChI is InChI=1S/C13H20N2O/c1-11(12-5-4-8-14-9-12)15-10-13(16)6-2-3-7-13/h4-5,8-9,11,15-16H,2-3,6-7,10H2,1H3/t11-/m0/s1. The van der Waals surface area contributed by atoms with Crippen molar-refractivity contribution in [2.75, 3.05) is 6.54 Å². The van der Waals surface area contributed by atoms with Gasteiger partial charge in [0.1, 0.15) is 0 Å². The van der Waals surface area contributed by atoms with Crippen LogP contribution in [0.25, 0.3) is 0 Å². The fourth-order valence-electron chi connectivity index (χ4n) is 2.30. The van der Waals surface area contributed by atoms with Gasteiger partial charge in [-0.2, -0.15) is 0 Å². The molecule has 1 aromatic rings. The quantitative estimate of drug-likeness (QED) is 0.816. The molecule has 16 heavy (non-hydrogen) atoms. The van der Waals surface area contributed by atoms with Gasteiger partial charge in [0, 0.05) is 25.0 Å². The van der Waals surface area contributed by atoms with Crippen molar-refractivity contribution in [1.29, 1.82) is 0 Å². The number of aliphatic hydroxyl groups is 1. The highest BCUT2D eigenvalue weighted by atomic mass is 16.3. The lowest BCUT2D eigenvalue weighted by Gasteiger charge is -2.25. The summed E-state index contributed by atoms with van der Waals surface area (Å²) in [5.41, 5.74) is 0.695. The van der Waals surface area contributed by atoms with E-state index in [1.807, 2.05) is 12.3 Å². The van der Waals surface area contributed by atoms with E-state index in [4.69, 9.17) is 0 Å². The molecule has 0 saturated heterocycles. The van der Waals surface area contributed by atoms with Crippen molar-refractivity contribution in [3.63, 3.8) is 0 Å². The van der Waals surface area contributed by atoms with Crippen molar-refractivity contribution in [2.45, 2.75) is 44.2 Å². The van der Waals surface area contributed by atoms with Crippen LogP contribution in [0.1, 0.15) is 44.2 Å². The molecular weight excluding hydrogens is 200 g/mol. The first kappa shape index (κ1) is 11.6. The number of nitrogens with one attached hydrogen (secondary N) is 1. The van der Waals surface area contributed by atoms with Gasteiger partial charge in [-0.15, -0.1) is 0 Å². The average molecular weight is 220 g/mol. The van der Waals surface area contributed by atoms with Crippen LogP contribution in [0, 0.1) is 0 Å². The second kappa shape index (κ2) is 4.93. The lowest BCUT2D eigenvalue weighted by Crippen LogP contribution is -2.39. The Bertz CT molecular complexity index is 320. The molecule has 1 aliphatic rings. The Hall–Kier alpha value is -0.930. The summed E-state index contributed by atoms with van der Waals surface area (Å²) in [4.78, 5) is 4.10. The van der Waals surface area contributed by atoms with Gasteiger partial charge < -0.3 is 10.4 Å². The minimum atomic E-state index is -0.476. The van der Waals surface area contributed by atoms with Crippen molar-refractivity contribution in [1.82, 2.24) is 10.3 Å². The van der Waals surface area contributed by atoms with Gasteiger partial charge in [-0.3, -0.25) is 4.98 Å². The third kappa shape index (κ3) is 2.80. The molecule has 0 unspecified atom stereocenters. The zero-order chi connectivity index (χ0) is 11.4. The molecule has 1 fully saturated rings. The van der Waals surface area contributed by atoms with Crippen LogP contribution in [0.4, 0.5) is 0 Å². The number of nitrogens with zero attached hydrogens (tertiary/aromatic N) is 1. The van der Waals surface area contributed by atoms with Crippen LogP contribution in [0.3, 0.4) is 0 Å². The first-order chi connectivity index (χ1) is 7.70. The predicted octanol–water partition coefficient (Wildman–Crippen LogP) is 2.04. The van der Waals surface area contributed by atoms with E-state index < -0.39 is 5.60 Å². The molecular formula is C13H20N2O. The van der Waals surface area contributed by atoms with Crippen molar-refractivity contribution >= 4 is 0 Å². The van der Waals surface area contributed by atoms with Gasteiger partial charge in [0.25, 0.3) is 0 Å². The molecule has 0 spiro atoms. The lowest BCUT2D eigenvalue weighted by molar-refractivity contribution is 0.0453. The maximum Gasteiger partial charge on any atom is 0.0771 e. The van der Waals surface area contributed by atoms with E-state index in [0.717, 1.165) is 25.7 Å². The molecule has 3 nitrogen and oxygen atoms in total. The van der Waals surface area contributed by atoms with E-state index in [0.29, 0.717) is 6.54 Å². The van der Waals surface area contributed by atoms with Gasteiger partial charge >= 0.3 is 0 Å². The molecule has 2 rings (SSSR count). The highest BCUT2D eigenvalue weighted by Gasteiger charge is 2.30. The Morgan fingerprint density at radius 2 is 2.25 bits per heavy atom. The van der Waals surface area contributed by atoms with E-state index in [9.17, 15) is 5.11 Å². The first-order valence-corrected chi connectivity index (χ1v) is 6.05. The largest absolute Gasteiger partial charge is 0.389 e. The van der Waals surface area contributed by atoms with Gasteiger partial charge in [0.2, 0.25) is 0 Å². The molecule has 1 aromatic heterocycles. The lowest BCUT2D eigenvalue weighted by atomic mass is 10.0. The summed E-state index contributed by atoms with van der Waals surface area (Å²) in [5.74, 6) is 0. The monoisotopic (exact) mass is 220 g/mol. The topological polar surface area (TPSA) is 45.1 Å². The average Bonchev–Trinajstić information content (AvgIpc) is 2.75. The number of rotatable bonds is 4. The molecule has 88 valence electrons. The Kier molecular flexibility index (Phi) is 3.56. The summed E-state index contributed by atoms with van der Waals surface area (Å²) in [6.45, 7) is 2.79. The number of hydrogen-bond acceptors (Lipinski definition) is 3. The molecule has 0 aliphatic heterocycles. The SMILES string of the molecule is C[C@H](NCC1(O)CCCC1)c1cccnc1. The molecule has 1 aliphatic carbocycles. The van der Waals surface area contributed by atoms with E-state index in [1.165, 1.54) is 5.56 Å². The summed E-state index contributed by atoms with van der Waals surface area (Å²) in [6.07, 6.45) is 7.81. The predicted molar refractivity (Wildman–Crippen MR) is 64.1 cm³/mol. The molecule has 1 atom stereocenters. The van der Waals surface area contributed by atoms with Crippen LogP contribution in [-0.4, -0.2) is 22.2 Å². The Balaban J connectivity index is 1.86. The highest BCUT2D eigenvalue weighted by molar-refractivity contribution is 5.12. The minimum Gasteiger partial charge on any atom is -0.389 e. The van der Waals surface area contributed by atoms with Crippen molar-refractivity contribution in [3.05, 3.63) is 30.1 Å². The smallest absolute Gasteiger partial charge is 0.0771 e. The van der Waals surface area contributed by atoms with Crippen LogP contribution in [-0.2, 0) is 0 Å². The molecule has 0 amide bonds. The van der Waals surface area contributed by atoms with Crippen LogP contribution in [0.15, 0.2) is 24.5 Å². The number of pyridine rings is 1. The van der Waals surface area contributed by atoms with Gasteiger partial charge in [0.15, 0.2) is 0 Å². The van der Waals surface area contributed by atoms with Gasteiger partial charge in [0.05, 0.1) is 5.60 Å². The van der Waals surface area contributed by atoms with E-state index in [1.54, 1.807) is 6.20 Å². The number of aromatic nitrogens is 1. The van der Waals surface area contributed by atoms with Crippen LogP contribution in [0.5, 0.6) is 0 Å². The first-order valence-electron chi connectivity index (χ1n) is 6.05. The normalized spacial score (nSPS) is 20.9.